The summed E-state index contributed by atoms with van der Waals surface area (Å²) in [6.07, 6.45) is 0. The van der Waals surface area contributed by atoms with E-state index in [9.17, 15) is 9.59 Å². The summed E-state index contributed by atoms with van der Waals surface area (Å²) in [5, 5.41) is 7.50. The van der Waals surface area contributed by atoms with Gasteiger partial charge in [-0.25, -0.2) is 0 Å². The van der Waals surface area contributed by atoms with Gasteiger partial charge in [0.1, 0.15) is 15.1 Å². The second-order valence-corrected chi connectivity index (χ2v) is 3.08. The molecule has 0 fully saturated rings. The Morgan fingerprint density at radius 3 is 1.75 bits per heavy atom. The Morgan fingerprint density at radius 1 is 0.833 bits per heavy atom. The molecule has 1 rings (SSSR count). The number of hydrogen-bond acceptors (Lipinski definition) is 3. The summed E-state index contributed by atoms with van der Waals surface area (Å²) in [7, 11) is 0. The predicted octanol–water partition coefficient (Wildman–Crippen LogP) is 1.84. The Hall–Kier alpha value is -0.510. The summed E-state index contributed by atoms with van der Waals surface area (Å²) >= 11 is 15.9. The highest BCUT2D eigenvalue weighted by Gasteiger charge is 2.32. The maximum Gasteiger partial charge on any atom is 0.249 e. The molecule has 1 aliphatic rings. The Bertz CT molecular complexity index is 291. The van der Waals surface area contributed by atoms with E-state index in [1.807, 2.05) is 0 Å². The van der Waals surface area contributed by atoms with E-state index < -0.39 is 32.4 Å². The van der Waals surface area contributed by atoms with Crippen LogP contribution in [0.3, 0.4) is 0 Å². The van der Waals surface area contributed by atoms with Crippen LogP contribution in [0.5, 0.6) is 0 Å². The lowest BCUT2D eigenvalue weighted by Gasteiger charge is -2.08. The minimum absolute atomic E-state index is 0.397. The maximum absolute atomic E-state index is 10.8. The molecular weight excluding hydrogens is 226 g/mol. The lowest BCUT2D eigenvalue weighted by Crippen LogP contribution is -2.20. The quantitative estimate of drug-likeness (QED) is 0.507. The summed E-state index contributed by atoms with van der Waals surface area (Å²) in [6.45, 7) is 0. The highest BCUT2D eigenvalue weighted by atomic mass is 35.5. The monoisotopic (exact) mass is 226 g/mol. The molecule has 0 heterocycles. The minimum atomic E-state index is -1.05. The first-order valence-corrected chi connectivity index (χ1v) is 3.83. The highest BCUT2D eigenvalue weighted by molar-refractivity contribution is 6.70. The molecule has 3 nitrogen and oxygen atoms in total. The Balaban J connectivity index is 3.37. The second-order valence-electron chi connectivity index (χ2n) is 1.95. The number of aliphatic hydroxyl groups excluding tert-OH is 1. The van der Waals surface area contributed by atoms with E-state index >= 15 is 0 Å². The van der Waals surface area contributed by atoms with Crippen molar-refractivity contribution in [2.45, 2.75) is 0 Å². The van der Waals surface area contributed by atoms with Crippen LogP contribution in [-0.4, -0.2) is 16.7 Å². The van der Waals surface area contributed by atoms with Gasteiger partial charge >= 0.3 is 0 Å². The zero-order chi connectivity index (χ0) is 9.46. The number of aliphatic hydroxyl groups is 1. The van der Waals surface area contributed by atoms with Gasteiger partial charge in [0.15, 0.2) is 5.76 Å². The van der Waals surface area contributed by atoms with E-state index in [4.69, 9.17) is 39.9 Å². The summed E-state index contributed by atoms with van der Waals surface area (Å²) in [6, 6.07) is 0. The SMILES string of the molecule is O=C1C(=O)C(Cl)=C(Cl)C(O)=C1Cl. The zero-order valence-electron chi connectivity index (χ0n) is 5.40. The van der Waals surface area contributed by atoms with Crippen LogP contribution in [0.4, 0.5) is 0 Å². The summed E-state index contributed by atoms with van der Waals surface area (Å²) in [5.74, 6) is -2.72. The largest absolute Gasteiger partial charge is 0.505 e. The Labute approximate surface area is 82.2 Å². The summed E-state index contributed by atoms with van der Waals surface area (Å²) < 4.78 is 0. The fraction of sp³-hybridized carbons (Fsp3) is 0. The van der Waals surface area contributed by atoms with E-state index in [0.717, 1.165) is 0 Å². The average molecular weight is 227 g/mol. The Morgan fingerprint density at radius 2 is 1.25 bits per heavy atom. The molecule has 0 unspecified atom stereocenters. The average Bonchev–Trinajstić information content (AvgIpc) is 2.08. The minimum Gasteiger partial charge on any atom is -0.505 e. The van der Waals surface area contributed by atoms with E-state index in [1.165, 1.54) is 0 Å². The van der Waals surface area contributed by atoms with Crippen LogP contribution in [0.1, 0.15) is 0 Å². The lowest BCUT2D eigenvalue weighted by molar-refractivity contribution is -0.131. The number of carbonyl (C=O) groups is 2. The normalized spacial score (nSPS) is 19.2. The number of ketones is 2. The molecule has 0 amide bonds. The first-order chi connectivity index (χ1) is 5.46. The van der Waals surface area contributed by atoms with Gasteiger partial charge in [-0.1, -0.05) is 34.8 Å². The molecule has 1 N–H and O–H groups in total. The van der Waals surface area contributed by atoms with Crippen LogP contribution < -0.4 is 0 Å². The maximum atomic E-state index is 10.8. The molecule has 6 heteroatoms. The summed E-state index contributed by atoms with van der Waals surface area (Å²) in [5.41, 5.74) is 0. The van der Waals surface area contributed by atoms with E-state index in [2.05, 4.69) is 0 Å². The fourth-order valence-electron chi connectivity index (χ4n) is 0.607. The van der Waals surface area contributed by atoms with Crippen molar-refractivity contribution in [1.29, 1.82) is 0 Å². The van der Waals surface area contributed by atoms with Gasteiger partial charge in [0, 0.05) is 0 Å². The van der Waals surface area contributed by atoms with Crippen LogP contribution in [0.2, 0.25) is 0 Å². The van der Waals surface area contributed by atoms with Crippen molar-refractivity contribution in [2.75, 3.05) is 0 Å². The van der Waals surface area contributed by atoms with Crippen molar-refractivity contribution in [3.8, 4) is 0 Å². The van der Waals surface area contributed by atoms with E-state index in [-0.39, 0.29) is 0 Å². The van der Waals surface area contributed by atoms with Gasteiger partial charge in [-0.05, 0) is 0 Å². The molecule has 12 heavy (non-hydrogen) atoms. The number of halogens is 3. The first-order valence-electron chi connectivity index (χ1n) is 2.70. The number of allylic oxidation sites excluding steroid dienone is 3. The van der Waals surface area contributed by atoms with Crippen molar-refractivity contribution in [3.05, 3.63) is 20.9 Å². The smallest absolute Gasteiger partial charge is 0.249 e. The molecule has 0 aromatic carbocycles. The van der Waals surface area contributed by atoms with Gasteiger partial charge in [-0.2, -0.15) is 0 Å². The third-order valence-electron chi connectivity index (χ3n) is 1.21. The first kappa shape index (κ1) is 9.58. The van der Waals surface area contributed by atoms with Crippen molar-refractivity contribution in [1.82, 2.24) is 0 Å². The zero-order valence-corrected chi connectivity index (χ0v) is 7.67. The topological polar surface area (TPSA) is 54.4 Å². The van der Waals surface area contributed by atoms with Gasteiger partial charge in [0.2, 0.25) is 11.6 Å². The van der Waals surface area contributed by atoms with Crippen LogP contribution >= 0.6 is 34.8 Å². The third kappa shape index (κ3) is 1.24. The molecule has 0 aromatic heterocycles. The molecule has 1 aliphatic carbocycles. The number of Topliss-reactive ketones (excluding diaryl/α,β-unsaturated/α-hetero) is 2. The number of rotatable bonds is 0. The van der Waals surface area contributed by atoms with Crippen LogP contribution in [0.15, 0.2) is 20.9 Å². The fourth-order valence-corrected chi connectivity index (χ4v) is 1.19. The lowest BCUT2D eigenvalue weighted by atomic mass is 10.1. The van der Waals surface area contributed by atoms with Crippen LogP contribution in [-0.2, 0) is 9.59 Å². The van der Waals surface area contributed by atoms with Crippen LogP contribution in [0.25, 0.3) is 0 Å². The van der Waals surface area contributed by atoms with Crippen LogP contribution in [0, 0.1) is 0 Å². The molecular formula is C6HCl3O3. The molecule has 0 spiro atoms. The molecule has 64 valence electrons. The van der Waals surface area contributed by atoms with E-state index in [0.29, 0.717) is 0 Å². The van der Waals surface area contributed by atoms with Gasteiger partial charge in [0.05, 0.1) is 0 Å². The molecule has 0 bridgehead atoms. The van der Waals surface area contributed by atoms with E-state index in [1.54, 1.807) is 0 Å². The van der Waals surface area contributed by atoms with Gasteiger partial charge < -0.3 is 5.11 Å². The second kappa shape index (κ2) is 3.09. The number of hydrogen-bond donors (Lipinski definition) is 1. The van der Waals surface area contributed by atoms with Gasteiger partial charge in [-0.3, -0.25) is 9.59 Å². The third-order valence-corrected chi connectivity index (χ3v) is 2.39. The van der Waals surface area contributed by atoms with Gasteiger partial charge in [-0.15, -0.1) is 0 Å². The van der Waals surface area contributed by atoms with Crippen molar-refractivity contribution in [2.24, 2.45) is 0 Å². The van der Waals surface area contributed by atoms with Crippen molar-refractivity contribution in [3.63, 3.8) is 0 Å². The summed E-state index contributed by atoms with van der Waals surface area (Å²) in [4.78, 5) is 21.7. The molecule has 0 aromatic rings. The Kier molecular flexibility index (Phi) is 2.46. The highest BCUT2D eigenvalue weighted by Crippen LogP contribution is 2.30. The molecule has 0 atom stereocenters. The predicted molar refractivity (Wildman–Crippen MR) is 44.3 cm³/mol. The van der Waals surface area contributed by atoms with Crippen molar-refractivity contribution >= 4 is 46.4 Å². The molecule has 0 aliphatic heterocycles. The standard InChI is InChI=1S/C6HCl3O3/c7-1-2(8)5(11)6(12)3(9)4(1)10/h10H. The molecule has 0 saturated carbocycles. The van der Waals surface area contributed by atoms with Gasteiger partial charge in [0.25, 0.3) is 0 Å². The number of carbonyl (C=O) groups excluding carboxylic acids is 2. The molecule has 0 saturated heterocycles. The van der Waals surface area contributed by atoms with Crippen molar-refractivity contribution < 1.29 is 14.7 Å². The molecule has 0 radical (unpaired) electrons.